The van der Waals surface area contributed by atoms with Gasteiger partial charge in [-0.2, -0.15) is 0 Å². The molecule has 66 valence electrons. The van der Waals surface area contributed by atoms with Gasteiger partial charge < -0.3 is 4.90 Å². The molecule has 0 N–H and O–H groups in total. The second-order valence-corrected chi connectivity index (χ2v) is 3.81. The molecule has 0 saturated carbocycles. The van der Waals surface area contributed by atoms with Crippen molar-refractivity contribution in [2.75, 3.05) is 0 Å². The highest BCUT2D eigenvalue weighted by Crippen LogP contribution is 2.08. The van der Waals surface area contributed by atoms with Crippen LogP contribution in [0.15, 0.2) is 0 Å². The Hall–Kier alpha value is -0.110. The standard InChI is InChI=1S/C9H19NS/c1-6-9(11)10(7(2)3)8(4)5/h7-8H,6H2,1-5H3. The topological polar surface area (TPSA) is 3.24 Å². The second-order valence-electron chi connectivity index (χ2n) is 3.34. The molecule has 0 atom stereocenters. The van der Waals surface area contributed by atoms with E-state index in [1.165, 1.54) is 0 Å². The zero-order valence-corrected chi connectivity index (χ0v) is 9.03. The van der Waals surface area contributed by atoms with Gasteiger partial charge in [-0.3, -0.25) is 0 Å². The maximum absolute atomic E-state index is 5.26. The van der Waals surface area contributed by atoms with Crippen LogP contribution in [0.25, 0.3) is 0 Å². The fraction of sp³-hybridized carbons (Fsp3) is 0.889. The normalized spacial score (nSPS) is 10.8. The lowest BCUT2D eigenvalue weighted by atomic mass is 10.2. The van der Waals surface area contributed by atoms with Gasteiger partial charge in [0.2, 0.25) is 0 Å². The summed E-state index contributed by atoms with van der Waals surface area (Å²) >= 11 is 5.26. The van der Waals surface area contributed by atoms with Crippen LogP contribution >= 0.6 is 12.2 Å². The summed E-state index contributed by atoms with van der Waals surface area (Å²) in [6, 6.07) is 1.06. The Bertz CT molecular complexity index is 122. The lowest BCUT2D eigenvalue weighted by molar-refractivity contribution is 0.293. The highest BCUT2D eigenvalue weighted by molar-refractivity contribution is 7.80. The van der Waals surface area contributed by atoms with E-state index >= 15 is 0 Å². The van der Waals surface area contributed by atoms with Crippen LogP contribution < -0.4 is 0 Å². The van der Waals surface area contributed by atoms with Crippen molar-refractivity contribution in [1.29, 1.82) is 0 Å². The quantitative estimate of drug-likeness (QED) is 0.604. The average Bonchev–Trinajstić information content (AvgIpc) is 1.85. The van der Waals surface area contributed by atoms with Crippen LogP contribution in [0.3, 0.4) is 0 Å². The first-order valence-corrected chi connectivity index (χ1v) is 4.72. The molecule has 0 aliphatic carbocycles. The van der Waals surface area contributed by atoms with E-state index in [1.54, 1.807) is 0 Å². The van der Waals surface area contributed by atoms with Gasteiger partial charge in [0.25, 0.3) is 0 Å². The Labute approximate surface area is 75.8 Å². The minimum absolute atomic E-state index is 0.530. The summed E-state index contributed by atoms with van der Waals surface area (Å²) < 4.78 is 0. The first-order valence-electron chi connectivity index (χ1n) is 4.31. The van der Waals surface area contributed by atoms with E-state index in [1.807, 2.05) is 0 Å². The van der Waals surface area contributed by atoms with Crippen LogP contribution in [-0.4, -0.2) is 22.0 Å². The number of rotatable bonds is 3. The summed E-state index contributed by atoms with van der Waals surface area (Å²) in [7, 11) is 0. The first kappa shape index (κ1) is 10.9. The molecule has 11 heavy (non-hydrogen) atoms. The second kappa shape index (κ2) is 4.70. The van der Waals surface area contributed by atoms with Gasteiger partial charge in [-0.25, -0.2) is 0 Å². The fourth-order valence-electron chi connectivity index (χ4n) is 1.35. The van der Waals surface area contributed by atoms with E-state index in [2.05, 4.69) is 39.5 Å². The van der Waals surface area contributed by atoms with Crippen molar-refractivity contribution in [3.05, 3.63) is 0 Å². The van der Waals surface area contributed by atoms with Crippen LogP contribution in [-0.2, 0) is 0 Å². The zero-order chi connectivity index (χ0) is 9.02. The summed E-state index contributed by atoms with van der Waals surface area (Å²) in [5, 5.41) is 0. The molecule has 0 heterocycles. The maximum atomic E-state index is 5.26. The minimum Gasteiger partial charge on any atom is -0.361 e. The summed E-state index contributed by atoms with van der Waals surface area (Å²) in [6.07, 6.45) is 0.978. The maximum Gasteiger partial charge on any atom is 0.0781 e. The molecular weight excluding hydrogens is 154 g/mol. The number of nitrogens with zero attached hydrogens (tertiary/aromatic N) is 1. The highest BCUT2D eigenvalue weighted by atomic mass is 32.1. The molecule has 0 amide bonds. The van der Waals surface area contributed by atoms with E-state index in [9.17, 15) is 0 Å². The molecule has 0 aliphatic heterocycles. The van der Waals surface area contributed by atoms with Gasteiger partial charge in [0.15, 0.2) is 0 Å². The predicted molar refractivity (Wildman–Crippen MR) is 55.0 cm³/mol. The van der Waals surface area contributed by atoms with E-state index in [-0.39, 0.29) is 0 Å². The van der Waals surface area contributed by atoms with Crippen LogP contribution in [0.2, 0.25) is 0 Å². The summed E-state index contributed by atoms with van der Waals surface area (Å²) in [5.41, 5.74) is 0. The van der Waals surface area contributed by atoms with E-state index in [4.69, 9.17) is 12.2 Å². The van der Waals surface area contributed by atoms with Crippen LogP contribution in [0, 0.1) is 0 Å². The molecule has 0 saturated heterocycles. The van der Waals surface area contributed by atoms with Crippen molar-refractivity contribution in [3.63, 3.8) is 0 Å². The largest absolute Gasteiger partial charge is 0.361 e. The van der Waals surface area contributed by atoms with Gasteiger partial charge in [-0.15, -0.1) is 0 Å². The van der Waals surface area contributed by atoms with Crippen molar-refractivity contribution in [2.24, 2.45) is 0 Å². The third kappa shape index (κ3) is 3.19. The minimum atomic E-state index is 0.530. The van der Waals surface area contributed by atoms with Gasteiger partial charge in [0.1, 0.15) is 0 Å². The zero-order valence-electron chi connectivity index (χ0n) is 8.22. The molecule has 0 rings (SSSR count). The summed E-state index contributed by atoms with van der Waals surface area (Å²) in [5.74, 6) is 0. The molecule has 0 bridgehead atoms. The molecule has 0 aromatic rings. The van der Waals surface area contributed by atoms with Gasteiger partial charge in [0.05, 0.1) is 4.99 Å². The van der Waals surface area contributed by atoms with Gasteiger partial charge in [0, 0.05) is 12.1 Å². The Kier molecular flexibility index (Phi) is 4.66. The number of thiocarbonyl (C=S) groups is 1. The third-order valence-electron chi connectivity index (χ3n) is 1.70. The Morgan fingerprint density at radius 2 is 1.55 bits per heavy atom. The van der Waals surface area contributed by atoms with Gasteiger partial charge in [-0.05, 0) is 34.1 Å². The lowest BCUT2D eigenvalue weighted by Crippen LogP contribution is -2.40. The molecular formula is C9H19NS. The smallest absolute Gasteiger partial charge is 0.0781 e. The molecule has 0 radical (unpaired) electrons. The molecule has 0 spiro atoms. The van der Waals surface area contributed by atoms with Crippen LogP contribution in [0.1, 0.15) is 41.0 Å². The SMILES string of the molecule is CCC(=S)N(C(C)C)C(C)C. The first-order chi connectivity index (χ1) is 5.00. The Morgan fingerprint density at radius 1 is 1.18 bits per heavy atom. The summed E-state index contributed by atoms with van der Waals surface area (Å²) in [4.78, 5) is 3.37. The molecule has 0 aromatic carbocycles. The Balaban J connectivity index is 4.22. The van der Waals surface area contributed by atoms with Crippen molar-refractivity contribution < 1.29 is 0 Å². The van der Waals surface area contributed by atoms with Crippen LogP contribution in [0.4, 0.5) is 0 Å². The molecule has 0 unspecified atom stereocenters. The van der Waals surface area contributed by atoms with E-state index < -0.39 is 0 Å². The lowest BCUT2D eigenvalue weighted by Gasteiger charge is -2.32. The number of hydrogen-bond donors (Lipinski definition) is 0. The average molecular weight is 173 g/mol. The van der Waals surface area contributed by atoms with Gasteiger partial charge in [-0.1, -0.05) is 19.1 Å². The van der Waals surface area contributed by atoms with E-state index in [0.29, 0.717) is 12.1 Å². The molecule has 1 nitrogen and oxygen atoms in total. The monoisotopic (exact) mass is 173 g/mol. The highest BCUT2D eigenvalue weighted by Gasteiger charge is 2.14. The van der Waals surface area contributed by atoms with Crippen molar-refractivity contribution in [1.82, 2.24) is 4.90 Å². The molecule has 0 aliphatic rings. The molecule has 0 fully saturated rings. The Morgan fingerprint density at radius 3 is 1.64 bits per heavy atom. The molecule has 0 aromatic heterocycles. The molecule has 2 heteroatoms. The van der Waals surface area contributed by atoms with Crippen molar-refractivity contribution in [2.45, 2.75) is 53.1 Å². The van der Waals surface area contributed by atoms with Gasteiger partial charge >= 0.3 is 0 Å². The fourth-order valence-corrected chi connectivity index (χ4v) is 1.78. The summed E-state index contributed by atoms with van der Waals surface area (Å²) in [6.45, 7) is 10.8. The van der Waals surface area contributed by atoms with Crippen molar-refractivity contribution >= 4 is 17.2 Å². The van der Waals surface area contributed by atoms with Crippen molar-refractivity contribution in [3.8, 4) is 0 Å². The van der Waals surface area contributed by atoms with E-state index in [0.717, 1.165) is 11.4 Å². The number of hydrogen-bond acceptors (Lipinski definition) is 1. The third-order valence-corrected chi connectivity index (χ3v) is 2.20. The van der Waals surface area contributed by atoms with Crippen LogP contribution in [0.5, 0.6) is 0 Å². The predicted octanol–water partition coefficient (Wildman–Crippen LogP) is 2.84.